The van der Waals surface area contributed by atoms with E-state index in [9.17, 15) is 0 Å². The van der Waals surface area contributed by atoms with Gasteiger partial charge >= 0.3 is 0 Å². The highest BCUT2D eigenvalue weighted by Crippen LogP contribution is 2.12. The van der Waals surface area contributed by atoms with Gasteiger partial charge < -0.3 is 5.11 Å². The molecule has 0 aliphatic heterocycles. The number of nitrogens with one attached hydrogen (secondary N) is 1. The van der Waals surface area contributed by atoms with E-state index in [1.165, 1.54) is 0 Å². The number of benzene rings is 1. The van der Waals surface area contributed by atoms with Crippen LogP contribution in [0.4, 0.5) is 0 Å². The summed E-state index contributed by atoms with van der Waals surface area (Å²) >= 11 is 0. The van der Waals surface area contributed by atoms with Crippen LogP contribution in [0.3, 0.4) is 0 Å². The molecule has 1 aromatic heterocycles. The Hall–Kier alpha value is -1.35. The number of nitrogens with zero attached hydrogens (tertiary/aromatic N) is 1. The summed E-state index contributed by atoms with van der Waals surface area (Å²) in [5, 5.41) is 16.4. The third kappa shape index (κ3) is 0.991. The molecule has 3 nitrogen and oxygen atoms in total. The van der Waals surface area contributed by atoms with Gasteiger partial charge in [0.15, 0.2) is 0 Å². The van der Waals surface area contributed by atoms with Gasteiger partial charge in [-0.25, -0.2) is 0 Å². The minimum absolute atomic E-state index is 0.779. The molecule has 2 rings (SSSR count). The molecule has 0 saturated carbocycles. The molecular weight excluding hydrogens is 140 g/mol. The van der Waals surface area contributed by atoms with Crippen LogP contribution in [0.2, 0.25) is 0 Å². The molecule has 1 aromatic carbocycles. The lowest BCUT2D eigenvalue weighted by molar-refractivity contribution is 0.415. The maximum Gasteiger partial charge on any atom is 0.109 e. The molecule has 0 aliphatic rings. The summed E-state index contributed by atoms with van der Waals surface area (Å²) in [6.45, 7) is 1.07. The Bertz CT molecular complexity index is 367. The minimum atomic E-state index is 0.779. The Morgan fingerprint density at radius 2 is 2.36 bits per heavy atom. The van der Waals surface area contributed by atoms with Crippen LogP contribution in [0, 0.1) is 6.61 Å². The van der Waals surface area contributed by atoms with E-state index in [-0.39, 0.29) is 0 Å². The van der Waals surface area contributed by atoms with E-state index in [0.29, 0.717) is 0 Å². The van der Waals surface area contributed by atoms with Crippen molar-refractivity contribution in [2.45, 2.75) is 0 Å². The number of aromatic amines is 1. The Labute approximate surface area is 63.7 Å². The maximum atomic E-state index is 8.68. The molecule has 0 atom stereocenters. The second kappa shape index (κ2) is 2.36. The molecular formula is C8H7N2O. The number of hydrogen-bond acceptors (Lipinski definition) is 2. The predicted octanol–water partition coefficient (Wildman–Crippen LogP) is 1.45. The van der Waals surface area contributed by atoms with Crippen LogP contribution in [-0.4, -0.2) is 15.3 Å². The Kier molecular flexibility index (Phi) is 1.36. The summed E-state index contributed by atoms with van der Waals surface area (Å²) < 4.78 is 0. The van der Waals surface area contributed by atoms with Crippen LogP contribution in [0.5, 0.6) is 0 Å². The summed E-state index contributed by atoms with van der Waals surface area (Å²) in [4.78, 5) is 0. The fourth-order valence-corrected chi connectivity index (χ4v) is 1.03. The second-order valence-corrected chi connectivity index (χ2v) is 2.35. The highest BCUT2D eigenvalue weighted by atomic mass is 16.3. The maximum absolute atomic E-state index is 8.68. The largest absolute Gasteiger partial charge is 0.385 e. The van der Waals surface area contributed by atoms with E-state index in [1.54, 1.807) is 6.20 Å². The summed E-state index contributed by atoms with van der Waals surface area (Å²) in [6, 6.07) is 5.57. The molecule has 0 saturated heterocycles. The first-order chi connectivity index (χ1) is 5.40. The van der Waals surface area contributed by atoms with Crippen LogP contribution >= 0.6 is 0 Å². The summed E-state index contributed by atoms with van der Waals surface area (Å²) in [6.07, 6.45) is 1.75. The number of H-pyrrole nitrogens is 1. The first-order valence-electron chi connectivity index (χ1n) is 3.31. The van der Waals surface area contributed by atoms with Crippen LogP contribution < -0.4 is 0 Å². The predicted molar refractivity (Wildman–Crippen MR) is 41.4 cm³/mol. The van der Waals surface area contributed by atoms with Crippen molar-refractivity contribution >= 4 is 10.9 Å². The van der Waals surface area contributed by atoms with Gasteiger partial charge in [0, 0.05) is 5.39 Å². The fraction of sp³-hybridized carbons (Fsp3) is 0. The smallest absolute Gasteiger partial charge is 0.109 e. The Morgan fingerprint density at radius 1 is 1.45 bits per heavy atom. The minimum Gasteiger partial charge on any atom is -0.385 e. The molecule has 0 unspecified atom stereocenters. The number of hydrogen-bond donors (Lipinski definition) is 2. The van der Waals surface area contributed by atoms with Crippen molar-refractivity contribution in [3.05, 3.63) is 36.6 Å². The zero-order valence-electron chi connectivity index (χ0n) is 5.78. The molecule has 0 bridgehead atoms. The van der Waals surface area contributed by atoms with Gasteiger partial charge in [-0.2, -0.15) is 5.10 Å². The van der Waals surface area contributed by atoms with E-state index in [4.69, 9.17) is 5.11 Å². The van der Waals surface area contributed by atoms with Gasteiger partial charge in [-0.3, -0.25) is 5.10 Å². The molecule has 0 fully saturated rings. The lowest BCUT2D eigenvalue weighted by atomic mass is 10.2. The van der Waals surface area contributed by atoms with Crippen LogP contribution in [0.1, 0.15) is 5.56 Å². The number of rotatable bonds is 1. The van der Waals surface area contributed by atoms with Crippen LogP contribution in [0.25, 0.3) is 10.9 Å². The molecule has 1 radical (unpaired) electrons. The third-order valence-corrected chi connectivity index (χ3v) is 1.62. The first kappa shape index (κ1) is 6.37. The van der Waals surface area contributed by atoms with Crippen molar-refractivity contribution in [1.82, 2.24) is 10.2 Å². The SMILES string of the molecule is O[CH]c1ccc2cn[nH]c2c1. The van der Waals surface area contributed by atoms with Gasteiger partial charge in [0.2, 0.25) is 0 Å². The van der Waals surface area contributed by atoms with E-state index in [0.717, 1.165) is 23.1 Å². The van der Waals surface area contributed by atoms with Gasteiger partial charge in [0.05, 0.1) is 11.7 Å². The highest BCUT2D eigenvalue weighted by Gasteiger charge is 1.95. The van der Waals surface area contributed by atoms with Crippen molar-refractivity contribution in [3.8, 4) is 0 Å². The zero-order valence-corrected chi connectivity index (χ0v) is 5.78. The standard InChI is InChI=1S/C8H7N2O/c11-5-6-1-2-7-4-9-10-8(7)3-6/h1-5,11H,(H,9,10). The van der Waals surface area contributed by atoms with Crippen molar-refractivity contribution in [3.63, 3.8) is 0 Å². The molecule has 55 valence electrons. The van der Waals surface area contributed by atoms with Gasteiger partial charge in [-0.15, -0.1) is 0 Å². The van der Waals surface area contributed by atoms with Gasteiger partial charge in [-0.05, 0) is 11.6 Å². The zero-order chi connectivity index (χ0) is 7.68. The van der Waals surface area contributed by atoms with E-state index >= 15 is 0 Å². The van der Waals surface area contributed by atoms with Crippen molar-refractivity contribution in [2.75, 3.05) is 0 Å². The second-order valence-electron chi connectivity index (χ2n) is 2.35. The summed E-state index contributed by atoms with van der Waals surface area (Å²) in [5.74, 6) is 0. The quantitative estimate of drug-likeness (QED) is 0.641. The molecule has 1 heterocycles. The van der Waals surface area contributed by atoms with E-state index in [1.807, 2.05) is 18.2 Å². The van der Waals surface area contributed by atoms with Gasteiger partial charge in [-0.1, -0.05) is 12.1 Å². The number of aliphatic hydroxyl groups is 1. The molecule has 0 spiro atoms. The molecule has 11 heavy (non-hydrogen) atoms. The topological polar surface area (TPSA) is 48.9 Å². The Balaban J connectivity index is 2.67. The average molecular weight is 147 g/mol. The van der Waals surface area contributed by atoms with Crippen molar-refractivity contribution in [2.24, 2.45) is 0 Å². The normalized spacial score (nSPS) is 10.6. The monoisotopic (exact) mass is 147 g/mol. The van der Waals surface area contributed by atoms with Gasteiger partial charge in [0.1, 0.15) is 6.61 Å². The molecule has 0 amide bonds. The lowest BCUT2D eigenvalue weighted by Gasteiger charge is -1.92. The molecule has 2 aromatic rings. The number of fused-ring (bicyclic) bond motifs is 1. The first-order valence-corrected chi connectivity index (χ1v) is 3.31. The Morgan fingerprint density at radius 3 is 3.18 bits per heavy atom. The van der Waals surface area contributed by atoms with E-state index < -0.39 is 0 Å². The fourth-order valence-electron chi connectivity index (χ4n) is 1.03. The molecule has 0 aliphatic carbocycles. The highest BCUT2D eigenvalue weighted by molar-refractivity contribution is 5.78. The number of aromatic nitrogens is 2. The van der Waals surface area contributed by atoms with E-state index in [2.05, 4.69) is 10.2 Å². The molecule has 3 heteroatoms. The summed E-state index contributed by atoms with van der Waals surface area (Å²) in [7, 11) is 0. The van der Waals surface area contributed by atoms with Crippen molar-refractivity contribution in [1.29, 1.82) is 0 Å². The van der Waals surface area contributed by atoms with Gasteiger partial charge in [0.25, 0.3) is 0 Å². The van der Waals surface area contributed by atoms with Crippen molar-refractivity contribution < 1.29 is 5.11 Å². The van der Waals surface area contributed by atoms with Crippen LogP contribution in [0.15, 0.2) is 24.4 Å². The third-order valence-electron chi connectivity index (χ3n) is 1.62. The lowest BCUT2D eigenvalue weighted by Crippen LogP contribution is -1.78. The number of aliphatic hydroxyl groups excluding tert-OH is 1. The molecule has 2 N–H and O–H groups in total. The summed E-state index contributed by atoms with van der Waals surface area (Å²) in [5.41, 5.74) is 1.72. The average Bonchev–Trinajstić information content (AvgIpc) is 2.50. The van der Waals surface area contributed by atoms with Crippen LogP contribution in [-0.2, 0) is 0 Å².